The molecule has 16 heavy (non-hydrogen) atoms. The number of hydrogen-bond acceptors (Lipinski definition) is 1. The predicted octanol–water partition coefficient (Wildman–Crippen LogP) is 3.37. The van der Waals surface area contributed by atoms with E-state index in [-0.39, 0.29) is 0 Å². The minimum Gasteiger partial charge on any atom is -0.316 e. The van der Waals surface area contributed by atoms with E-state index in [1.807, 2.05) is 12.1 Å². The maximum Gasteiger partial charge on any atom is 0.0406 e. The van der Waals surface area contributed by atoms with E-state index in [4.69, 9.17) is 11.6 Å². The quantitative estimate of drug-likeness (QED) is 0.829. The Labute approximate surface area is 102 Å². The van der Waals surface area contributed by atoms with Crippen molar-refractivity contribution in [3.05, 3.63) is 34.9 Å². The van der Waals surface area contributed by atoms with Crippen molar-refractivity contribution in [3.63, 3.8) is 0 Å². The summed E-state index contributed by atoms with van der Waals surface area (Å²) in [5.41, 5.74) is 1.98. The van der Waals surface area contributed by atoms with Crippen molar-refractivity contribution < 1.29 is 0 Å². The van der Waals surface area contributed by atoms with Gasteiger partial charge in [-0.2, -0.15) is 0 Å². The molecule has 1 aromatic rings. The van der Waals surface area contributed by atoms with Gasteiger partial charge in [0.2, 0.25) is 0 Å². The first-order chi connectivity index (χ1) is 7.81. The molecule has 0 radical (unpaired) electrons. The zero-order chi connectivity index (χ0) is 11.0. The lowest BCUT2D eigenvalue weighted by atomic mass is 9.57. The van der Waals surface area contributed by atoms with Gasteiger partial charge in [0.1, 0.15) is 0 Å². The molecule has 1 aliphatic carbocycles. The van der Waals surface area contributed by atoms with Crippen LogP contribution in [0.25, 0.3) is 0 Å². The summed E-state index contributed by atoms with van der Waals surface area (Å²) in [5, 5.41) is 4.35. The summed E-state index contributed by atoms with van der Waals surface area (Å²) < 4.78 is 0. The third-order valence-electron chi connectivity index (χ3n) is 4.51. The second-order valence-electron chi connectivity index (χ2n) is 5.21. The minimum atomic E-state index is 0.466. The lowest BCUT2D eigenvalue weighted by molar-refractivity contribution is 0.157. The molecule has 0 bridgehead atoms. The van der Waals surface area contributed by atoms with Crippen LogP contribution in [0.1, 0.15) is 31.2 Å². The molecular formula is C14H18ClN. The summed E-state index contributed by atoms with van der Waals surface area (Å²) in [4.78, 5) is 0. The smallest absolute Gasteiger partial charge is 0.0406 e. The third-order valence-corrected chi connectivity index (χ3v) is 4.76. The molecule has 2 fully saturated rings. The van der Waals surface area contributed by atoms with Crippen LogP contribution in [0.2, 0.25) is 5.02 Å². The molecule has 2 aliphatic rings. The van der Waals surface area contributed by atoms with Gasteiger partial charge in [0, 0.05) is 5.02 Å². The zero-order valence-electron chi connectivity index (χ0n) is 9.51. The van der Waals surface area contributed by atoms with Crippen molar-refractivity contribution in [3.8, 4) is 0 Å². The SMILES string of the molecule is Clc1ccc(C2(C3CCNC3)CCC2)cc1. The average molecular weight is 236 g/mol. The van der Waals surface area contributed by atoms with Crippen LogP contribution in [0.5, 0.6) is 0 Å². The van der Waals surface area contributed by atoms with E-state index in [2.05, 4.69) is 17.4 Å². The molecule has 0 aromatic heterocycles. The summed E-state index contributed by atoms with van der Waals surface area (Å²) in [6, 6.07) is 8.55. The van der Waals surface area contributed by atoms with Gasteiger partial charge < -0.3 is 5.32 Å². The molecule has 2 heteroatoms. The summed E-state index contributed by atoms with van der Waals surface area (Å²) >= 11 is 5.97. The predicted molar refractivity (Wildman–Crippen MR) is 68.0 cm³/mol. The zero-order valence-corrected chi connectivity index (χ0v) is 10.3. The lowest BCUT2D eigenvalue weighted by Gasteiger charge is -2.47. The molecule has 0 amide bonds. The van der Waals surface area contributed by atoms with Crippen molar-refractivity contribution >= 4 is 11.6 Å². The van der Waals surface area contributed by atoms with E-state index in [0.717, 1.165) is 10.9 Å². The Balaban J connectivity index is 1.91. The molecule has 0 spiro atoms. The summed E-state index contributed by atoms with van der Waals surface area (Å²) in [7, 11) is 0. The number of hydrogen-bond donors (Lipinski definition) is 1. The van der Waals surface area contributed by atoms with Crippen molar-refractivity contribution in [2.45, 2.75) is 31.1 Å². The molecule has 3 rings (SSSR count). The molecular weight excluding hydrogens is 218 g/mol. The lowest BCUT2D eigenvalue weighted by Crippen LogP contribution is -2.42. The van der Waals surface area contributed by atoms with Crippen molar-refractivity contribution in [2.24, 2.45) is 5.92 Å². The Kier molecular flexibility index (Phi) is 2.68. The largest absolute Gasteiger partial charge is 0.316 e. The molecule has 1 unspecified atom stereocenters. The molecule has 1 nitrogen and oxygen atoms in total. The molecule has 1 atom stereocenters. The maximum atomic E-state index is 5.97. The third kappa shape index (κ3) is 1.57. The molecule has 1 saturated carbocycles. The second kappa shape index (κ2) is 4.05. The van der Waals surface area contributed by atoms with E-state index in [0.29, 0.717) is 5.41 Å². The van der Waals surface area contributed by atoms with E-state index < -0.39 is 0 Å². The van der Waals surface area contributed by atoms with Crippen LogP contribution in [0, 0.1) is 5.92 Å². The molecule has 1 N–H and O–H groups in total. The van der Waals surface area contributed by atoms with E-state index >= 15 is 0 Å². The van der Waals surface area contributed by atoms with Crippen LogP contribution in [0.15, 0.2) is 24.3 Å². The molecule has 1 aromatic carbocycles. The van der Waals surface area contributed by atoms with Crippen LogP contribution >= 0.6 is 11.6 Å². The fourth-order valence-electron chi connectivity index (χ4n) is 3.40. The van der Waals surface area contributed by atoms with Gasteiger partial charge in [-0.3, -0.25) is 0 Å². The Morgan fingerprint density at radius 1 is 1.19 bits per heavy atom. The number of benzene rings is 1. The fourth-order valence-corrected chi connectivity index (χ4v) is 3.52. The number of rotatable bonds is 2. The number of halogens is 1. The minimum absolute atomic E-state index is 0.466. The molecule has 1 aliphatic heterocycles. The number of nitrogens with one attached hydrogen (secondary N) is 1. The Morgan fingerprint density at radius 3 is 2.44 bits per heavy atom. The van der Waals surface area contributed by atoms with Crippen LogP contribution < -0.4 is 5.32 Å². The van der Waals surface area contributed by atoms with Crippen LogP contribution in [-0.2, 0) is 5.41 Å². The topological polar surface area (TPSA) is 12.0 Å². The first-order valence-corrected chi connectivity index (χ1v) is 6.66. The summed E-state index contributed by atoms with van der Waals surface area (Å²) in [6.07, 6.45) is 5.45. The summed E-state index contributed by atoms with van der Waals surface area (Å²) in [5.74, 6) is 0.836. The van der Waals surface area contributed by atoms with Gasteiger partial charge in [-0.25, -0.2) is 0 Å². The highest BCUT2D eigenvalue weighted by Crippen LogP contribution is 2.51. The Hall–Kier alpha value is -0.530. The van der Waals surface area contributed by atoms with Gasteiger partial charge in [0.15, 0.2) is 0 Å². The Bertz CT molecular complexity index is 361. The fraction of sp³-hybridized carbons (Fsp3) is 0.571. The second-order valence-corrected chi connectivity index (χ2v) is 5.64. The van der Waals surface area contributed by atoms with Gasteiger partial charge in [-0.05, 0) is 61.4 Å². The highest BCUT2D eigenvalue weighted by atomic mass is 35.5. The first kappa shape index (κ1) is 10.6. The summed E-state index contributed by atoms with van der Waals surface area (Å²) in [6.45, 7) is 2.39. The van der Waals surface area contributed by atoms with Crippen molar-refractivity contribution in [1.29, 1.82) is 0 Å². The van der Waals surface area contributed by atoms with Crippen molar-refractivity contribution in [1.82, 2.24) is 5.32 Å². The monoisotopic (exact) mass is 235 g/mol. The van der Waals surface area contributed by atoms with Gasteiger partial charge in [0.05, 0.1) is 0 Å². The van der Waals surface area contributed by atoms with Gasteiger partial charge in [-0.15, -0.1) is 0 Å². The normalized spacial score (nSPS) is 27.7. The van der Waals surface area contributed by atoms with Gasteiger partial charge in [0.25, 0.3) is 0 Å². The molecule has 1 heterocycles. The van der Waals surface area contributed by atoms with Crippen LogP contribution in [0.3, 0.4) is 0 Å². The maximum absolute atomic E-state index is 5.97. The van der Waals surface area contributed by atoms with Gasteiger partial charge >= 0.3 is 0 Å². The molecule has 1 saturated heterocycles. The van der Waals surface area contributed by atoms with Crippen LogP contribution in [0.4, 0.5) is 0 Å². The standard InChI is InChI=1S/C14H18ClN/c15-13-4-2-11(3-5-13)14(7-1-8-14)12-6-9-16-10-12/h2-5,12,16H,1,6-10H2. The van der Waals surface area contributed by atoms with Gasteiger partial charge in [-0.1, -0.05) is 30.2 Å². The highest BCUT2D eigenvalue weighted by molar-refractivity contribution is 6.30. The van der Waals surface area contributed by atoms with Crippen LogP contribution in [-0.4, -0.2) is 13.1 Å². The van der Waals surface area contributed by atoms with E-state index in [9.17, 15) is 0 Å². The van der Waals surface area contributed by atoms with E-state index in [1.165, 1.54) is 44.3 Å². The first-order valence-electron chi connectivity index (χ1n) is 6.28. The average Bonchev–Trinajstić information content (AvgIpc) is 2.73. The Morgan fingerprint density at radius 2 is 1.94 bits per heavy atom. The van der Waals surface area contributed by atoms with Crippen molar-refractivity contribution in [2.75, 3.05) is 13.1 Å². The molecule has 86 valence electrons. The highest BCUT2D eigenvalue weighted by Gasteiger charge is 2.45. The van der Waals surface area contributed by atoms with E-state index in [1.54, 1.807) is 0 Å².